The van der Waals surface area contributed by atoms with E-state index in [2.05, 4.69) is 10.1 Å². The van der Waals surface area contributed by atoms with Crippen molar-refractivity contribution < 1.29 is 27.8 Å². The molecule has 6 nitrogen and oxygen atoms in total. The van der Waals surface area contributed by atoms with Gasteiger partial charge in [0.05, 0.1) is 20.3 Å². The molecule has 2 rings (SSSR count). The summed E-state index contributed by atoms with van der Waals surface area (Å²) in [6.45, 7) is -0.603. The normalized spacial score (nSPS) is 12.0. The summed E-state index contributed by atoms with van der Waals surface area (Å²) in [5.74, 6) is 1.00. The molecule has 0 radical (unpaired) electrons. The SMILES string of the molecule is COc1ccc(NC(=O)C(C)N(C)Cc2ccc(OC(F)F)cc2)cc1OC. The number of carbonyl (C=O) groups excluding carboxylic acids is 1. The van der Waals surface area contributed by atoms with Crippen LogP contribution in [0, 0.1) is 0 Å². The Labute approximate surface area is 163 Å². The Kier molecular flexibility index (Phi) is 7.57. The van der Waals surface area contributed by atoms with Crippen molar-refractivity contribution in [2.75, 3.05) is 26.6 Å². The Hall–Kier alpha value is -2.87. The van der Waals surface area contributed by atoms with Crippen molar-refractivity contribution in [2.24, 2.45) is 0 Å². The van der Waals surface area contributed by atoms with E-state index in [1.54, 1.807) is 44.4 Å². The van der Waals surface area contributed by atoms with Crippen molar-refractivity contribution in [1.82, 2.24) is 4.90 Å². The van der Waals surface area contributed by atoms with E-state index < -0.39 is 12.7 Å². The number of hydrogen-bond donors (Lipinski definition) is 1. The zero-order valence-electron chi connectivity index (χ0n) is 16.2. The van der Waals surface area contributed by atoms with Gasteiger partial charge in [0.2, 0.25) is 5.91 Å². The first-order chi connectivity index (χ1) is 13.3. The van der Waals surface area contributed by atoms with Gasteiger partial charge in [-0.05, 0) is 43.8 Å². The van der Waals surface area contributed by atoms with E-state index in [0.717, 1.165) is 5.56 Å². The van der Waals surface area contributed by atoms with Crippen LogP contribution in [0.5, 0.6) is 17.2 Å². The molecule has 0 spiro atoms. The van der Waals surface area contributed by atoms with E-state index in [1.807, 2.05) is 11.9 Å². The molecule has 0 aromatic heterocycles. The van der Waals surface area contributed by atoms with Crippen LogP contribution in [0.3, 0.4) is 0 Å². The molecular weight excluding hydrogens is 370 g/mol. The van der Waals surface area contributed by atoms with Crippen LogP contribution in [-0.4, -0.2) is 44.7 Å². The van der Waals surface area contributed by atoms with Crippen molar-refractivity contribution in [3.63, 3.8) is 0 Å². The largest absolute Gasteiger partial charge is 0.493 e. The van der Waals surface area contributed by atoms with E-state index in [4.69, 9.17) is 9.47 Å². The molecule has 0 bridgehead atoms. The molecule has 28 heavy (non-hydrogen) atoms. The summed E-state index contributed by atoms with van der Waals surface area (Å²) in [5.41, 5.74) is 1.46. The van der Waals surface area contributed by atoms with Gasteiger partial charge in [-0.2, -0.15) is 8.78 Å². The standard InChI is InChI=1S/C20H24F2N2O4/c1-13(19(25)23-15-7-10-17(26-3)18(11-15)27-4)24(2)12-14-5-8-16(9-6-14)28-20(21)22/h5-11,13,20H,12H2,1-4H3,(H,23,25). The molecule has 1 N–H and O–H groups in total. The fourth-order valence-electron chi connectivity index (χ4n) is 2.56. The van der Waals surface area contributed by atoms with Gasteiger partial charge in [0.15, 0.2) is 11.5 Å². The predicted octanol–water partition coefficient (Wildman–Crippen LogP) is 3.76. The number of rotatable bonds is 9. The first kappa shape index (κ1) is 21.4. The number of anilines is 1. The van der Waals surface area contributed by atoms with Crippen molar-refractivity contribution in [2.45, 2.75) is 26.1 Å². The van der Waals surface area contributed by atoms with Crippen LogP contribution in [-0.2, 0) is 11.3 Å². The molecule has 1 atom stereocenters. The first-order valence-electron chi connectivity index (χ1n) is 8.61. The molecule has 0 aliphatic rings. The lowest BCUT2D eigenvalue weighted by atomic mass is 10.1. The van der Waals surface area contributed by atoms with Gasteiger partial charge in [0.1, 0.15) is 5.75 Å². The second-order valence-electron chi connectivity index (χ2n) is 6.17. The van der Waals surface area contributed by atoms with Crippen LogP contribution in [0.4, 0.5) is 14.5 Å². The summed E-state index contributed by atoms with van der Waals surface area (Å²) in [7, 11) is 4.87. The number of nitrogens with one attached hydrogen (secondary N) is 1. The quantitative estimate of drug-likeness (QED) is 0.702. The van der Waals surface area contributed by atoms with Gasteiger partial charge in [-0.25, -0.2) is 0 Å². The summed E-state index contributed by atoms with van der Waals surface area (Å²) in [4.78, 5) is 14.4. The highest BCUT2D eigenvalue weighted by Gasteiger charge is 2.19. The van der Waals surface area contributed by atoms with Gasteiger partial charge in [0, 0.05) is 18.3 Å². The molecule has 8 heteroatoms. The molecule has 2 aromatic carbocycles. The maximum Gasteiger partial charge on any atom is 0.387 e. The summed E-state index contributed by atoms with van der Waals surface area (Å²) in [5, 5.41) is 2.85. The van der Waals surface area contributed by atoms with E-state index in [0.29, 0.717) is 23.7 Å². The van der Waals surface area contributed by atoms with Crippen LogP contribution in [0.2, 0.25) is 0 Å². The molecule has 0 saturated heterocycles. The average Bonchev–Trinajstić information content (AvgIpc) is 2.68. The lowest BCUT2D eigenvalue weighted by Gasteiger charge is -2.24. The van der Waals surface area contributed by atoms with Crippen LogP contribution in [0.25, 0.3) is 0 Å². The maximum atomic E-state index is 12.5. The number of hydrogen-bond acceptors (Lipinski definition) is 5. The predicted molar refractivity (Wildman–Crippen MR) is 102 cm³/mol. The second-order valence-corrected chi connectivity index (χ2v) is 6.17. The third-order valence-electron chi connectivity index (χ3n) is 4.27. The summed E-state index contributed by atoms with van der Waals surface area (Å²) in [6, 6.07) is 11.0. The lowest BCUT2D eigenvalue weighted by molar-refractivity contribution is -0.120. The van der Waals surface area contributed by atoms with Crippen LogP contribution in [0.15, 0.2) is 42.5 Å². The third-order valence-corrected chi connectivity index (χ3v) is 4.27. The minimum atomic E-state index is -2.85. The zero-order chi connectivity index (χ0) is 20.7. The number of halogens is 2. The highest BCUT2D eigenvalue weighted by Crippen LogP contribution is 2.29. The van der Waals surface area contributed by atoms with E-state index in [1.165, 1.54) is 19.2 Å². The van der Waals surface area contributed by atoms with Crippen molar-refractivity contribution in [3.8, 4) is 17.2 Å². The Morgan fingerprint density at radius 3 is 2.29 bits per heavy atom. The van der Waals surface area contributed by atoms with Crippen LogP contribution >= 0.6 is 0 Å². The van der Waals surface area contributed by atoms with E-state index in [9.17, 15) is 13.6 Å². The topological polar surface area (TPSA) is 60.0 Å². The highest BCUT2D eigenvalue weighted by molar-refractivity contribution is 5.94. The van der Waals surface area contributed by atoms with Gasteiger partial charge < -0.3 is 19.5 Å². The molecular formula is C20H24F2N2O4. The number of alkyl halides is 2. The first-order valence-corrected chi connectivity index (χ1v) is 8.61. The van der Waals surface area contributed by atoms with Crippen molar-refractivity contribution in [1.29, 1.82) is 0 Å². The molecule has 2 aromatic rings. The molecule has 0 aliphatic heterocycles. The summed E-state index contributed by atoms with van der Waals surface area (Å²) >= 11 is 0. The van der Waals surface area contributed by atoms with Gasteiger partial charge in [-0.3, -0.25) is 9.69 Å². The molecule has 152 valence electrons. The molecule has 1 unspecified atom stereocenters. The lowest BCUT2D eigenvalue weighted by Crippen LogP contribution is -2.39. The zero-order valence-corrected chi connectivity index (χ0v) is 16.2. The number of likely N-dealkylation sites (N-methyl/N-ethyl adjacent to an activating group) is 1. The molecule has 0 fully saturated rings. The Morgan fingerprint density at radius 2 is 1.71 bits per heavy atom. The minimum Gasteiger partial charge on any atom is -0.493 e. The van der Waals surface area contributed by atoms with Gasteiger partial charge >= 0.3 is 6.61 Å². The third kappa shape index (κ3) is 5.82. The van der Waals surface area contributed by atoms with Gasteiger partial charge in [-0.1, -0.05) is 12.1 Å². The number of benzene rings is 2. The van der Waals surface area contributed by atoms with Crippen LogP contribution in [0.1, 0.15) is 12.5 Å². The van der Waals surface area contributed by atoms with E-state index >= 15 is 0 Å². The minimum absolute atomic E-state index is 0.0978. The van der Waals surface area contributed by atoms with Crippen LogP contribution < -0.4 is 19.5 Å². The average molecular weight is 394 g/mol. The fraction of sp³-hybridized carbons (Fsp3) is 0.350. The Morgan fingerprint density at radius 1 is 1.07 bits per heavy atom. The number of ether oxygens (including phenoxy) is 3. The van der Waals surface area contributed by atoms with Gasteiger partial charge in [-0.15, -0.1) is 0 Å². The molecule has 0 heterocycles. The summed E-state index contributed by atoms with van der Waals surface area (Å²) in [6.07, 6.45) is 0. The van der Waals surface area contributed by atoms with E-state index in [-0.39, 0.29) is 11.7 Å². The number of nitrogens with zero attached hydrogens (tertiary/aromatic N) is 1. The summed E-state index contributed by atoms with van der Waals surface area (Å²) < 4.78 is 39.2. The van der Waals surface area contributed by atoms with Gasteiger partial charge in [0.25, 0.3) is 0 Å². The number of carbonyl (C=O) groups is 1. The maximum absolute atomic E-state index is 12.5. The highest BCUT2D eigenvalue weighted by atomic mass is 19.3. The van der Waals surface area contributed by atoms with Crippen molar-refractivity contribution >= 4 is 11.6 Å². The Bertz CT molecular complexity index is 784. The second kappa shape index (κ2) is 9.89. The number of amides is 1. The molecule has 0 aliphatic carbocycles. The Balaban J connectivity index is 1.96. The fourth-order valence-corrected chi connectivity index (χ4v) is 2.56. The molecule has 0 saturated carbocycles. The number of methoxy groups -OCH3 is 2. The smallest absolute Gasteiger partial charge is 0.387 e. The molecule has 1 amide bonds. The van der Waals surface area contributed by atoms with Crippen molar-refractivity contribution in [3.05, 3.63) is 48.0 Å². The monoisotopic (exact) mass is 394 g/mol.